The van der Waals surface area contributed by atoms with Gasteiger partial charge in [0, 0.05) is 0 Å². The molecule has 2 rings (SSSR count). The van der Waals surface area contributed by atoms with Gasteiger partial charge in [-0.25, -0.2) is 0 Å². The van der Waals surface area contributed by atoms with E-state index in [9.17, 15) is 0 Å². The fourth-order valence-electron chi connectivity index (χ4n) is 2.12. The van der Waals surface area contributed by atoms with Crippen molar-refractivity contribution in [3.63, 3.8) is 0 Å². The Labute approximate surface area is 108 Å². The van der Waals surface area contributed by atoms with Crippen molar-refractivity contribution < 1.29 is 9.41 Å². The van der Waals surface area contributed by atoms with Gasteiger partial charge < -0.3 is 0 Å². The van der Waals surface area contributed by atoms with E-state index in [1.807, 2.05) is 66.9 Å². The van der Waals surface area contributed by atoms with Crippen molar-refractivity contribution in [1.82, 2.24) is 10.4 Å². The summed E-state index contributed by atoms with van der Waals surface area (Å²) in [5.74, 6) is 1.02. The van der Waals surface area contributed by atoms with Crippen LogP contribution in [0.5, 0.6) is 0 Å². The molecule has 6 nitrogen and oxygen atoms in total. The van der Waals surface area contributed by atoms with Crippen molar-refractivity contribution in [2.45, 2.75) is 0 Å². The summed E-state index contributed by atoms with van der Waals surface area (Å²) < 4.78 is 2.04. The molecule has 6 heteroatoms. The molecule has 1 aromatic carbocycles. The number of anilines is 2. The lowest BCUT2D eigenvalue weighted by atomic mass is 10.3. The molecule has 0 bridgehead atoms. The maximum Gasteiger partial charge on any atom is 0.373 e. The molecule has 1 aliphatic heterocycles. The Morgan fingerprint density at radius 1 is 1.22 bits per heavy atom. The first-order valence-electron chi connectivity index (χ1n) is 5.77. The molecule has 0 saturated carbocycles. The van der Waals surface area contributed by atoms with E-state index < -0.39 is 0 Å². The van der Waals surface area contributed by atoms with Crippen molar-refractivity contribution >= 4 is 17.3 Å². The Balaban J connectivity index is 2.47. The Kier molecular flexibility index (Phi) is 3.40. The van der Waals surface area contributed by atoms with Crippen LogP contribution in [0.25, 0.3) is 0 Å². The van der Waals surface area contributed by atoms with Crippen molar-refractivity contribution in [3.8, 4) is 0 Å². The highest BCUT2D eigenvalue weighted by Gasteiger charge is 2.36. The molecule has 0 amide bonds. The summed E-state index contributed by atoms with van der Waals surface area (Å²) in [5, 5.41) is 3.63. The van der Waals surface area contributed by atoms with Crippen LogP contribution in [-0.2, 0) is 4.84 Å². The van der Waals surface area contributed by atoms with Crippen LogP contribution in [-0.4, -0.2) is 50.7 Å². The number of fused-ring (bicyclic) bond motifs is 1. The predicted octanol–water partition coefficient (Wildman–Crippen LogP) is 0.484. The Bertz CT molecular complexity index is 467. The van der Waals surface area contributed by atoms with Gasteiger partial charge in [-0.1, -0.05) is 17.7 Å². The van der Waals surface area contributed by atoms with Gasteiger partial charge in [0.05, 0.1) is 35.3 Å². The van der Waals surface area contributed by atoms with E-state index in [0.29, 0.717) is 0 Å². The first kappa shape index (κ1) is 12.7. The molecule has 0 unspecified atom stereocenters. The van der Waals surface area contributed by atoms with Gasteiger partial charge in [0.15, 0.2) is 5.69 Å². The zero-order chi connectivity index (χ0) is 13.3. The van der Waals surface area contributed by atoms with Crippen LogP contribution in [0.1, 0.15) is 0 Å². The summed E-state index contributed by atoms with van der Waals surface area (Å²) in [7, 11) is 9.67. The lowest BCUT2D eigenvalue weighted by Gasteiger charge is -2.21. The Morgan fingerprint density at radius 3 is 2.33 bits per heavy atom. The zero-order valence-corrected chi connectivity index (χ0v) is 11.5. The molecular weight excluding hydrogens is 230 g/mol. The monoisotopic (exact) mass is 250 g/mol. The minimum absolute atomic E-state index is 0.987. The van der Waals surface area contributed by atoms with Crippen molar-refractivity contribution in [2.75, 3.05) is 45.5 Å². The molecule has 0 fully saturated rings. The first-order chi connectivity index (χ1) is 8.56. The van der Waals surface area contributed by atoms with Crippen LogP contribution in [0, 0.1) is 0 Å². The molecule has 0 saturated heterocycles. The highest BCUT2D eigenvalue weighted by molar-refractivity contribution is 5.97. The van der Waals surface area contributed by atoms with E-state index in [0.717, 1.165) is 17.3 Å². The largest absolute Gasteiger partial charge is 0.373 e. The second-order valence-corrected chi connectivity index (χ2v) is 4.49. The molecule has 1 heterocycles. The lowest BCUT2D eigenvalue weighted by molar-refractivity contribution is -0.471. The van der Waals surface area contributed by atoms with E-state index >= 15 is 0 Å². The van der Waals surface area contributed by atoms with Gasteiger partial charge in [0.2, 0.25) is 0 Å². The molecule has 1 aliphatic rings. The normalized spacial score (nSPS) is 13.6. The van der Waals surface area contributed by atoms with Crippen LogP contribution in [0.15, 0.2) is 24.3 Å². The highest BCUT2D eigenvalue weighted by atomic mass is 16.7. The highest BCUT2D eigenvalue weighted by Crippen LogP contribution is 2.32. The van der Waals surface area contributed by atoms with Gasteiger partial charge >= 0.3 is 5.96 Å². The molecule has 1 N–H and O–H groups in total. The summed E-state index contributed by atoms with van der Waals surface area (Å²) in [6.45, 7) is 0. The van der Waals surface area contributed by atoms with Gasteiger partial charge in [-0.3, -0.25) is 14.3 Å². The number of nitrogens with one attached hydrogen (secondary N) is 1. The average Bonchev–Trinajstić information content (AvgIpc) is 2.67. The van der Waals surface area contributed by atoms with Crippen molar-refractivity contribution in [1.29, 1.82) is 0 Å². The summed E-state index contributed by atoms with van der Waals surface area (Å²) >= 11 is 0. The van der Waals surface area contributed by atoms with E-state index in [-0.39, 0.29) is 0 Å². The lowest BCUT2D eigenvalue weighted by Crippen LogP contribution is -2.54. The number of nitrogens with zero attached hydrogens (tertiary/aromatic N) is 4. The minimum Gasteiger partial charge on any atom is -0.268 e. The van der Waals surface area contributed by atoms with Gasteiger partial charge in [0.25, 0.3) is 0 Å². The molecule has 0 aliphatic carbocycles. The van der Waals surface area contributed by atoms with E-state index in [1.54, 1.807) is 12.3 Å². The van der Waals surface area contributed by atoms with E-state index in [2.05, 4.69) is 5.53 Å². The zero-order valence-electron chi connectivity index (χ0n) is 11.5. The number of benzene rings is 1. The topological polar surface area (TPSA) is 34.0 Å². The molecule has 1 aromatic rings. The predicted molar refractivity (Wildman–Crippen MR) is 72.3 cm³/mol. The van der Waals surface area contributed by atoms with Gasteiger partial charge in [-0.15, -0.1) is 5.01 Å². The molecule has 0 radical (unpaired) electrons. The van der Waals surface area contributed by atoms with Gasteiger partial charge in [0.1, 0.15) is 5.69 Å². The van der Waals surface area contributed by atoms with E-state index in [1.165, 1.54) is 0 Å². The molecule has 0 aromatic heterocycles. The number of para-hydroxylation sites is 2. The summed E-state index contributed by atoms with van der Waals surface area (Å²) in [4.78, 5) is 7.35. The minimum atomic E-state index is 0.987. The summed E-state index contributed by atoms with van der Waals surface area (Å²) in [6, 6.07) is 8.06. The third kappa shape index (κ3) is 2.00. The van der Waals surface area contributed by atoms with Crippen LogP contribution in [0.2, 0.25) is 0 Å². The van der Waals surface area contributed by atoms with Crippen molar-refractivity contribution in [2.24, 2.45) is 0 Å². The molecular formula is C12H20N5O+. The van der Waals surface area contributed by atoms with E-state index in [4.69, 9.17) is 4.84 Å². The van der Waals surface area contributed by atoms with Crippen LogP contribution in [0.3, 0.4) is 0 Å². The molecule has 18 heavy (non-hydrogen) atoms. The van der Waals surface area contributed by atoms with Crippen molar-refractivity contribution in [3.05, 3.63) is 24.3 Å². The average molecular weight is 250 g/mol. The van der Waals surface area contributed by atoms with Gasteiger partial charge in [-0.05, 0) is 12.1 Å². The molecule has 98 valence electrons. The third-order valence-electron chi connectivity index (χ3n) is 2.71. The Hall–Kier alpha value is -1.79. The van der Waals surface area contributed by atoms with Gasteiger partial charge in [-0.2, -0.15) is 5.17 Å². The summed E-state index contributed by atoms with van der Waals surface area (Å²) in [6.07, 6.45) is 0. The smallest absolute Gasteiger partial charge is 0.268 e. The quantitative estimate of drug-likeness (QED) is 0.445. The second-order valence-electron chi connectivity index (χ2n) is 4.49. The number of hydrogen-bond donors (Lipinski definition) is 1. The second kappa shape index (κ2) is 4.83. The molecule has 0 spiro atoms. The number of hydrogen-bond acceptors (Lipinski definition) is 3. The standard InChI is InChI=1S/C12H20N5O/c1-14(2)12(15(3)4)16-10-8-6-7-9-11(10)17(13-16)18-5/h6-9,13H,1-5H3/q+1. The van der Waals surface area contributed by atoms with Crippen LogP contribution in [0.4, 0.5) is 11.4 Å². The number of hydrazine groups is 2. The third-order valence-corrected chi connectivity index (χ3v) is 2.71. The maximum absolute atomic E-state index is 5.31. The van der Waals surface area contributed by atoms with Crippen LogP contribution < -0.4 is 15.7 Å². The molecule has 0 atom stereocenters. The number of guanidine groups is 1. The number of rotatable bonds is 1. The van der Waals surface area contributed by atoms with Crippen LogP contribution >= 0.6 is 0 Å². The fraction of sp³-hybridized carbons (Fsp3) is 0.417. The fourth-order valence-corrected chi connectivity index (χ4v) is 2.12. The SMILES string of the molecule is CON1NN(C(N(C)C)=[N+](C)C)c2ccccc21. The first-order valence-corrected chi connectivity index (χ1v) is 5.77. The Morgan fingerprint density at radius 2 is 1.83 bits per heavy atom. The summed E-state index contributed by atoms with van der Waals surface area (Å²) in [5.41, 5.74) is 5.23. The maximum atomic E-state index is 5.31.